The normalized spacial score (nSPS) is 13.4. The molecule has 0 saturated carbocycles. The van der Waals surface area contributed by atoms with Crippen LogP contribution in [0.2, 0.25) is 0 Å². The van der Waals surface area contributed by atoms with E-state index >= 15 is 0 Å². The summed E-state index contributed by atoms with van der Waals surface area (Å²) in [6.07, 6.45) is 1.70. The molecule has 21 heavy (non-hydrogen) atoms. The molecule has 0 aliphatic heterocycles. The first kappa shape index (κ1) is 18.1. The smallest absolute Gasteiger partial charge is 0.224 e. The van der Waals surface area contributed by atoms with Crippen molar-refractivity contribution < 1.29 is 16.8 Å². The number of hydrogen-bond acceptors (Lipinski definition) is 4. The first-order valence-corrected chi connectivity index (χ1v) is 10.0. The van der Waals surface area contributed by atoms with Gasteiger partial charge in [-0.1, -0.05) is 6.92 Å². The minimum absolute atomic E-state index is 0.0180. The van der Waals surface area contributed by atoms with E-state index < -0.39 is 25.4 Å². The van der Waals surface area contributed by atoms with Crippen LogP contribution in [0.25, 0.3) is 0 Å². The zero-order valence-corrected chi connectivity index (χ0v) is 14.9. The van der Waals surface area contributed by atoms with Crippen molar-refractivity contribution in [3.63, 3.8) is 0 Å². The van der Waals surface area contributed by atoms with Crippen molar-refractivity contribution in [2.45, 2.75) is 56.4 Å². The second-order valence-corrected chi connectivity index (χ2v) is 9.64. The van der Waals surface area contributed by atoms with E-state index in [0.29, 0.717) is 12.0 Å². The molecule has 0 heterocycles. The van der Waals surface area contributed by atoms with E-state index in [-0.39, 0.29) is 15.4 Å². The number of benzene rings is 1. The Kier molecular flexibility index (Phi) is 4.92. The Hall–Kier alpha value is -0.920. The van der Waals surface area contributed by atoms with Crippen LogP contribution in [-0.4, -0.2) is 28.6 Å². The van der Waals surface area contributed by atoms with Crippen LogP contribution in [0.3, 0.4) is 0 Å². The molecule has 1 rings (SSSR count). The monoisotopic (exact) mass is 333 g/mol. The van der Waals surface area contributed by atoms with Gasteiger partial charge in [-0.15, -0.1) is 0 Å². The highest BCUT2D eigenvalue weighted by Gasteiger charge is 2.28. The number of hydrogen-bond donors (Lipinski definition) is 1. The van der Waals surface area contributed by atoms with Gasteiger partial charge < -0.3 is 0 Å². The summed E-state index contributed by atoms with van der Waals surface area (Å²) < 4.78 is 51.4. The minimum atomic E-state index is -3.78. The van der Waals surface area contributed by atoms with Gasteiger partial charge in [-0.2, -0.15) is 0 Å². The van der Waals surface area contributed by atoms with Gasteiger partial charge in [-0.3, -0.25) is 0 Å². The largest absolute Gasteiger partial charge is 0.241 e. The van der Waals surface area contributed by atoms with Crippen LogP contribution >= 0.6 is 0 Å². The zero-order chi connectivity index (χ0) is 16.6. The van der Waals surface area contributed by atoms with E-state index in [2.05, 4.69) is 4.72 Å². The Morgan fingerprint density at radius 2 is 1.52 bits per heavy atom. The average Bonchev–Trinajstić information content (AvgIpc) is 2.29. The van der Waals surface area contributed by atoms with Crippen molar-refractivity contribution in [1.82, 2.24) is 4.72 Å². The van der Waals surface area contributed by atoms with Crippen molar-refractivity contribution in [3.05, 3.63) is 23.3 Å². The second kappa shape index (κ2) is 5.70. The second-order valence-electron chi connectivity index (χ2n) is 6.00. The maximum absolute atomic E-state index is 12.6. The van der Waals surface area contributed by atoms with E-state index in [1.807, 2.05) is 6.92 Å². The molecule has 0 bridgehead atoms. The first-order valence-electron chi connectivity index (χ1n) is 6.65. The van der Waals surface area contributed by atoms with E-state index in [9.17, 15) is 16.8 Å². The predicted molar refractivity (Wildman–Crippen MR) is 83.7 cm³/mol. The van der Waals surface area contributed by atoms with Gasteiger partial charge in [0.05, 0.1) is 9.79 Å². The molecule has 120 valence electrons. The fourth-order valence-electron chi connectivity index (χ4n) is 1.95. The molecule has 0 aliphatic carbocycles. The van der Waals surface area contributed by atoms with Crippen LogP contribution in [0.4, 0.5) is 0 Å². The summed E-state index contributed by atoms with van der Waals surface area (Å²) in [7, 11) is -7.26. The number of rotatable bonds is 5. The molecule has 0 saturated heterocycles. The zero-order valence-electron chi connectivity index (χ0n) is 13.3. The molecular weight excluding hydrogens is 310 g/mol. The Morgan fingerprint density at radius 3 is 1.95 bits per heavy atom. The first-order chi connectivity index (χ1) is 9.30. The van der Waals surface area contributed by atoms with Gasteiger partial charge in [0.15, 0.2) is 9.84 Å². The van der Waals surface area contributed by atoms with Gasteiger partial charge in [0.2, 0.25) is 10.0 Å². The quantitative estimate of drug-likeness (QED) is 0.895. The molecule has 0 aromatic heterocycles. The summed E-state index contributed by atoms with van der Waals surface area (Å²) in [5.74, 6) is 0. The minimum Gasteiger partial charge on any atom is -0.224 e. The van der Waals surface area contributed by atoms with Gasteiger partial charge in [0, 0.05) is 11.8 Å². The Morgan fingerprint density at radius 1 is 1.05 bits per heavy atom. The fourth-order valence-corrected chi connectivity index (χ4v) is 4.91. The standard InChI is InChI=1S/C14H23NO4S2/c1-7-14(4,5)15-21(18,19)13-9-10(2)8-12(11(13)3)20(6,16)17/h8-9,15H,7H2,1-6H3. The summed E-state index contributed by atoms with van der Waals surface area (Å²) in [5, 5.41) is 0. The Balaban J connectivity index is 3.55. The van der Waals surface area contributed by atoms with Crippen LogP contribution < -0.4 is 4.72 Å². The summed E-state index contributed by atoms with van der Waals surface area (Å²) in [5.41, 5.74) is 0.249. The molecule has 0 radical (unpaired) electrons. The molecule has 1 aromatic rings. The molecule has 0 fully saturated rings. The molecule has 1 N–H and O–H groups in total. The number of aryl methyl sites for hydroxylation is 1. The van der Waals surface area contributed by atoms with Gasteiger partial charge in [0.1, 0.15) is 0 Å². The molecule has 0 aliphatic rings. The van der Waals surface area contributed by atoms with Crippen molar-refractivity contribution in [1.29, 1.82) is 0 Å². The molecule has 7 heteroatoms. The third kappa shape index (κ3) is 4.28. The summed E-state index contributed by atoms with van der Waals surface area (Å²) in [4.78, 5) is 0.0710. The van der Waals surface area contributed by atoms with Crippen LogP contribution in [0.15, 0.2) is 21.9 Å². The Labute approximate surface area is 127 Å². The third-order valence-corrected chi connectivity index (χ3v) is 6.49. The molecule has 1 aromatic carbocycles. The van der Waals surface area contributed by atoms with Crippen LogP contribution in [0, 0.1) is 13.8 Å². The molecule has 0 spiro atoms. The summed E-state index contributed by atoms with van der Waals surface area (Å²) in [6.45, 7) is 8.65. The number of nitrogens with one attached hydrogen (secondary N) is 1. The van der Waals surface area contributed by atoms with Gasteiger partial charge in [-0.05, 0) is 57.4 Å². The fraction of sp³-hybridized carbons (Fsp3) is 0.571. The molecule has 0 unspecified atom stereocenters. The lowest BCUT2D eigenvalue weighted by atomic mass is 10.0. The highest BCUT2D eigenvalue weighted by Crippen LogP contribution is 2.26. The van der Waals surface area contributed by atoms with Crippen LogP contribution in [0.1, 0.15) is 38.3 Å². The van der Waals surface area contributed by atoms with Crippen LogP contribution in [0.5, 0.6) is 0 Å². The van der Waals surface area contributed by atoms with Gasteiger partial charge in [-0.25, -0.2) is 21.6 Å². The van der Waals surface area contributed by atoms with Gasteiger partial charge in [0.25, 0.3) is 0 Å². The summed E-state index contributed by atoms with van der Waals surface area (Å²) in [6, 6.07) is 2.99. The van der Waals surface area contributed by atoms with E-state index in [1.54, 1.807) is 20.8 Å². The topological polar surface area (TPSA) is 80.3 Å². The van der Waals surface area contributed by atoms with Crippen LogP contribution in [-0.2, 0) is 19.9 Å². The maximum Gasteiger partial charge on any atom is 0.241 e. The molecule has 5 nitrogen and oxygen atoms in total. The van der Waals surface area contributed by atoms with E-state index in [0.717, 1.165) is 6.26 Å². The Bertz CT molecular complexity index is 747. The molecular formula is C14H23NO4S2. The van der Waals surface area contributed by atoms with E-state index in [4.69, 9.17) is 0 Å². The molecule has 0 amide bonds. The van der Waals surface area contributed by atoms with Crippen molar-refractivity contribution in [2.75, 3.05) is 6.26 Å². The highest BCUT2D eigenvalue weighted by molar-refractivity contribution is 7.91. The lowest BCUT2D eigenvalue weighted by molar-refractivity contribution is 0.439. The number of sulfone groups is 1. The lowest BCUT2D eigenvalue weighted by Crippen LogP contribution is -2.42. The van der Waals surface area contributed by atoms with Gasteiger partial charge >= 0.3 is 0 Å². The highest BCUT2D eigenvalue weighted by atomic mass is 32.2. The third-order valence-electron chi connectivity index (χ3n) is 3.44. The number of sulfonamides is 1. The predicted octanol–water partition coefficient (Wildman–Crippen LogP) is 2.17. The average molecular weight is 333 g/mol. The lowest BCUT2D eigenvalue weighted by Gasteiger charge is -2.25. The maximum atomic E-state index is 12.6. The van der Waals surface area contributed by atoms with Crippen molar-refractivity contribution in [3.8, 4) is 0 Å². The van der Waals surface area contributed by atoms with Crippen molar-refractivity contribution in [2.24, 2.45) is 0 Å². The van der Waals surface area contributed by atoms with E-state index in [1.165, 1.54) is 19.1 Å². The molecule has 0 atom stereocenters. The SMILES string of the molecule is CCC(C)(C)NS(=O)(=O)c1cc(C)cc(S(C)(=O)=O)c1C. The van der Waals surface area contributed by atoms with Crippen molar-refractivity contribution >= 4 is 19.9 Å². The summed E-state index contributed by atoms with van der Waals surface area (Å²) >= 11 is 0.